The molecule has 0 unspecified atom stereocenters. The van der Waals surface area contributed by atoms with E-state index in [2.05, 4.69) is 30.7 Å². The number of rotatable bonds is 7. The first-order valence-electron chi connectivity index (χ1n) is 6.55. The normalized spacial score (nSPS) is 10.9. The number of nitrogens with zero attached hydrogens (tertiary/aromatic N) is 2. The Morgan fingerprint density at radius 3 is 2.53 bits per heavy atom. The lowest BCUT2D eigenvalue weighted by Gasteiger charge is -2.26. The monoisotopic (exact) mass is 236 g/mol. The third-order valence-corrected chi connectivity index (χ3v) is 3.33. The molecule has 1 N–H and O–H groups in total. The number of aliphatic hydroxyl groups is 1. The van der Waals surface area contributed by atoms with E-state index in [-0.39, 0.29) is 6.61 Å². The molecule has 0 aliphatic heterocycles. The standard InChI is InChI=1S/C14H24N2O/c1-4-12(5-2)10-16(6-3)14-9-13(11-17)7-8-15-14/h7-9,12,17H,4-6,10-11H2,1-3H3. The van der Waals surface area contributed by atoms with Crippen LogP contribution in [0, 0.1) is 5.92 Å². The van der Waals surface area contributed by atoms with Crippen molar-refractivity contribution in [1.82, 2.24) is 4.98 Å². The molecule has 0 aliphatic rings. The second kappa shape index (κ2) is 7.28. The van der Waals surface area contributed by atoms with Gasteiger partial charge in [-0.15, -0.1) is 0 Å². The van der Waals surface area contributed by atoms with E-state index in [0.717, 1.165) is 30.4 Å². The highest BCUT2D eigenvalue weighted by Gasteiger charge is 2.11. The Balaban J connectivity index is 2.77. The number of pyridine rings is 1. The summed E-state index contributed by atoms with van der Waals surface area (Å²) in [4.78, 5) is 6.68. The van der Waals surface area contributed by atoms with Gasteiger partial charge in [-0.2, -0.15) is 0 Å². The van der Waals surface area contributed by atoms with E-state index in [1.165, 1.54) is 12.8 Å². The molecule has 1 rings (SSSR count). The van der Waals surface area contributed by atoms with Gasteiger partial charge < -0.3 is 10.0 Å². The van der Waals surface area contributed by atoms with Crippen molar-refractivity contribution in [2.75, 3.05) is 18.0 Å². The van der Waals surface area contributed by atoms with Crippen LogP contribution in [0.2, 0.25) is 0 Å². The maximum Gasteiger partial charge on any atom is 0.128 e. The second-order valence-corrected chi connectivity index (χ2v) is 4.40. The third-order valence-electron chi connectivity index (χ3n) is 3.33. The summed E-state index contributed by atoms with van der Waals surface area (Å²) in [5.41, 5.74) is 0.929. The molecule has 1 aromatic rings. The van der Waals surface area contributed by atoms with Crippen LogP contribution < -0.4 is 4.90 Å². The average Bonchev–Trinajstić information content (AvgIpc) is 2.40. The van der Waals surface area contributed by atoms with Crippen molar-refractivity contribution >= 4 is 5.82 Å². The van der Waals surface area contributed by atoms with Crippen LogP contribution in [-0.2, 0) is 6.61 Å². The molecule has 3 heteroatoms. The molecule has 0 saturated heterocycles. The van der Waals surface area contributed by atoms with Crippen LogP contribution in [0.1, 0.15) is 39.2 Å². The molecule has 0 bridgehead atoms. The summed E-state index contributed by atoms with van der Waals surface area (Å²) in [6.07, 6.45) is 4.18. The third kappa shape index (κ3) is 4.00. The molecule has 0 atom stereocenters. The van der Waals surface area contributed by atoms with Gasteiger partial charge in [0.15, 0.2) is 0 Å². The molecule has 0 saturated carbocycles. The number of anilines is 1. The summed E-state index contributed by atoms with van der Waals surface area (Å²) in [5.74, 6) is 1.69. The molecule has 0 radical (unpaired) electrons. The fraction of sp³-hybridized carbons (Fsp3) is 0.643. The Labute approximate surface area is 104 Å². The first-order valence-corrected chi connectivity index (χ1v) is 6.55. The molecule has 96 valence electrons. The highest BCUT2D eigenvalue weighted by molar-refractivity contribution is 5.40. The van der Waals surface area contributed by atoms with Gasteiger partial charge in [0.25, 0.3) is 0 Å². The van der Waals surface area contributed by atoms with E-state index in [1.54, 1.807) is 6.20 Å². The largest absolute Gasteiger partial charge is 0.392 e. The molecule has 0 spiro atoms. The predicted octanol–water partition coefficient (Wildman–Crippen LogP) is 2.84. The zero-order valence-corrected chi connectivity index (χ0v) is 11.2. The summed E-state index contributed by atoms with van der Waals surface area (Å²) in [6.45, 7) is 8.71. The minimum absolute atomic E-state index is 0.0814. The Hall–Kier alpha value is -1.09. The zero-order valence-electron chi connectivity index (χ0n) is 11.2. The lowest BCUT2D eigenvalue weighted by molar-refractivity contribution is 0.281. The summed E-state index contributed by atoms with van der Waals surface area (Å²) < 4.78 is 0. The van der Waals surface area contributed by atoms with Gasteiger partial charge in [0.2, 0.25) is 0 Å². The Morgan fingerprint density at radius 2 is 2.00 bits per heavy atom. The van der Waals surface area contributed by atoms with Crippen LogP contribution in [0.4, 0.5) is 5.82 Å². The van der Waals surface area contributed by atoms with E-state index in [0.29, 0.717) is 0 Å². The van der Waals surface area contributed by atoms with Crippen LogP contribution in [-0.4, -0.2) is 23.2 Å². The number of hydrogen-bond acceptors (Lipinski definition) is 3. The van der Waals surface area contributed by atoms with Gasteiger partial charge in [0.1, 0.15) is 5.82 Å². The van der Waals surface area contributed by atoms with Crippen molar-refractivity contribution in [2.45, 2.75) is 40.2 Å². The smallest absolute Gasteiger partial charge is 0.128 e. The summed E-state index contributed by atoms with van der Waals surface area (Å²) in [7, 11) is 0. The lowest BCUT2D eigenvalue weighted by Crippen LogP contribution is -2.29. The van der Waals surface area contributed by atoms with Crippen LogP contribution in [0.25, 0.3) is 0 Å². The number of aliphatic hydroxyl groups excluding tert-OH is 1. The number of hydrogen-bond donors (Lipinski definition) is 1. The topological polar surface area (TPSA) is 36.4 Å². The van der Waals surface area contributed by atoms with Crippen LogP contribution >= 0.6 is 0 Å². The van der Waals surface area contributed by atoms with E-state index >= 15 is 0 Å². The Kier molecular flexibility index (Phi) is 5.98. The maximum atomic E-state index is 9.14. The highest BCUT2D eigenvalue weighted by atomic mass is 16.3. The Morgan fingerprint density at radius 1 is 1.29 bits per heavy atom. The molecule has 0 aromatic carbocycles. The van der Waals surface area contributed by atoms with Crippen LogP contribution in [0.5, 0.6) is 0 Å². The van der Waals surface area contributed by atoms with Gasteiger partial charge in [-0.1, -0.05) is 26.7 Å². The van der Waals surface area contributed by atoms with Gasteiger partial charge in [0, 0.05) is 19.3 Å². The number of aromatic nitrogens is 1. The Bertz CT molecular complexity index is 324. The molecule has 17 heavy (non-hydrogen) atoms. The van der Waals surface area contributed by atoms with Gasteiger partial charge in [-0.3, -0.25) is 0 Å². The van der Waals surface area contributed by atoms with Crippen molar-refractivity contribution < 1.29 is 5.11 Å². The molecule has 0 fully saturated rings. The molecule has 0 aliphatic carbocycles. The highest BCUT2D eigenvalue weighted by Crippen LogP contribution is 2.17. The zero-order chi connectivity index (χ0) is 12.7. The van der Waals surface area contributed by atoms with Crippen molar-refractivity contribution in [1.29, 1.82) is 0 Å². The quantitative estimate of drug-likeness (QED) is 0.791. The first kappa shape index (κ1) is 14.0. The fourth-order valence-corrected chi connectivity index (χ4v) is 1.98. The van der Waals surface area contributed by atoms with Gasteiger partial charge in [-0.05, 0) is 30.5 Å². The van der Waals surface area contributed by atoms with Gasteiger partial charge in [-0.25, -0.2) is 4.98 Å². The minimum Gasteiger partial charge on any atom is -0.392 e. The van der Waals surface area contributed by atoms with Crippen LogP contribution in [0.3, 0.4) is 0 Å². The SMILES string of the molecule is CCC(CC)CN(CC)c1cc(CO)ccn1. The van der Waals surface area contributed by atoms with Crippen molar-refractivity contribution in [2.24, 2.45) is 5.92 Å². The first-order chi connectivity index (χ1) is 8.24. The average molecular weight is 236 g/mol. The lowest BCUT2D eigenvalue weighted by atomic mass is 10.0. The minimum atomic E-state index is 0.0814. The second-order valence-electron chi connectivity index (χ2n) is 4.40. The molecule has 3 nitrogen and oxygen atoms in total. The fourth-order valence-electron chi connectivity index (χ4n) is 1.98. The van der Waals surface area contributed by atoms with E-state index in [9.17, 15) is 0 Å². The molecule has 1 heterocycles. The summed E-state index contributed by atoms with van der Waals surface area (Å²) in [6, 6.07) is 3.83. The summed E-state index contributed by atoms with van der Waals surface area (Å²) in [5, 5.41) is 9.14. The molecular weight excluding hydrogens is 212 g/mol. The van der Waals surface area contributed by atoms with E-state index in [1.807, 2.05) is 12.1 Å². The van der Waals surface area contributed by atoms with E-state index in [4.69, 9.17) is 5.11 Å². The molecule has 0 amide bonds. The predicted molar refractivity (Wildman–Crippen MR) is 72.1 cm³/mol. The van der Waals surface area contributed by atoms with Crippen molar-refractivity contribution in [3.63, 3.8) is 0 Å². The molecular formula is C14H24N2O. The van der Waals surface area contributed by atoms with E-state index < -0.39 is 0 Å². The maximum absolute atomic E-state index is 9.14. The van der Waals surface area contributed by atoms with Crippen LogP contribution in [0.15, 0.2) is 18.3 Å². The molecule has 1 aromatic heterocycles. The van der Waals surface area contributed by atoms with Gasteiger partial charge in [0.05, 0.1) is 6.61 Å². The van der Waals surface area contributed by atoms with Gasteiger partial charge >= 0.3 is 0 Å². The van der Waals surface area contributed by atoms with Crippen molar-refractivity contribution in [3.8, 4) is 0 Å². The summed E-state index contributed by atoms with van der Waals surface area (Å²) >= 11 is 0. The van der Waals surface area contributed by atoms with Crippen molar-refractivity contribution in [3.05, 3.63) is 23.9 Å².